The SMILES string of the molecule is CC(C)(C)Cc1cn(CCNS(=O)(=O)C2CC2)c2ccc(-c3nccc4ccccc34)cc12. The van der Waals surface area contributed by atoms with Gasteiger partial charge in [0, 0.05) is 47.3 Å². The Morgan fingerprint density at radius 3 is 2.61 bits per heavy atom. The molecule has 2 aromatic carbocycles. The summed E-state index contributed by atoms with van der Waals surface area (Å²) in [5.74, 6) is 0. The van der Waals surface area contributed by atoms with Crippen molar-refractivity contribution in [3.8, 4) is 11.3 Å². The summed E-state index contributed by atoms with van der Waals surface area (Å²) < 4.78 is 29.4. The predicted molar refractivity (Wildman–Crippen MR) is 136 cm³/mol. The Morgan fingerprint density at radius 2 is 1.85 bits per heavy atom. The van der Waals surface area contributed by atoms with Gasteiger partial charge in [0.2, 0.25) is 10.0 Å². The summed E-state index contributed by atoms with van der Waals surface area (Å²) in [6.07, 6.45) is 6.57. The Labute approximate surface area is 195 Å². The van der Waals surface area contributed by atoms with E-state index in [0.29, 0.717) is 13.1 Å². The Balaban J connectivity index is 1.53. The fourth-order valence-corrected chi connectivity index (χ4v) is 5.94. The predicted octanol–water partition coefficient (Wildman–Crippen LogP) is 5.53. The van der Waals surface area contributed by atoms with Crippen LogP contribution in [0, 0.1) is 5.41 Å². The largest absolute Gasteiger partial charge is 0.346 e. The van der Waals surface area contributed by atoms with Gasteiger partial charge in [0.1, 0.15) is 0 Å². The van der Waals surface area contributed by atoms with Crippen LogP contribution in [0.25, 0.3) is 32.9 Å². The molecule has 6 heteroatoms. The zero-order valence-electron chi connectivity index (χ0n) is 19.5. The molecule has 1 saturated carbocycles. The number of nitrogens with zero attached hydrogens (tertiary/aromatic N) is 2. The molecule has 1 fully saturated rings. The second-order valence-corrected chi connectivity index (χ2v) is 12.4. The number of aromatic nitrogens is 2. The third kappa shape index (κ3) is 4.68. The Morgan fingerprint density at radius 1 is 1.06 bits per heavy atom. The first-order valence-corrected chi connectivity index (χ1v) is 13.2. The molecule has 2 heterocycles. The van der Waals surface area contributed by atoms with E-state index in [9.17, 15) is 8.42 Å². The molecule has 4 aromatic rings. The topological polar surface area (TPSA) is 64.0 Å². The first-order chi connectivity index (χ1) is 15.7. The Hall–Kier alpha value is -2.70. The van der Waals surface area contributed by atoms with Crippen LogP contribution in [0.1, 0.15) is 39.2 Å². The number of hydrogen-bond donors (Lipinski definition) is 1. The lowest BCUT2D eigenvalue weighted by Crippen LogP contribution is -2.30. The molecule has 1 aliphatic carbocycles. The molecule has 33 heavy (non-hydrogen) atoms. The molecule has 2 aromatic heterocycles. The summed E-state index contributed by atoms with van der Waals surface area (Å²) in [5.41, 5.74) is 4.64. The van der Waals surface area contributed by atoms with Gasteiger partial charge < -0.3 is 4.57 Å². The quantitative estimate of drug-likeness (QED) is 0.394. The summed E-state index contributed by atoms with van der Waals surface area (Å²) in [7, 11) is -3.17. The van der Waals surface area contributed by atoms with Crippen molar-refractivity contribution in [1.82, 2.24) is 14.3 Å². The number of sulfonamides is 1. The first-order valence-electron chi connectivity index (χ1n) is 11.7. The molecule has 0 radical (unpaired) electrons. The normalized spacial score (nSPS) is 14.9. The number of rotatable bonds is 7. The van der Waals surface area contributed by atoms with Crippen LogP contribution in [-0.4, -0.2) is 29.8 Å². The van der Waals surface area contributed by atoms with Crippen LogP contribution in [0.4, 0.5) is 0 Å². The maximum absolute atomic E-state index is 12.2. The minimum atomic E-state index is -3.17. The number of fused-ring (bicyclic) bond motifs is 2. The minimum absolute atomic E-state index is 0.139. The van der Waals surface area contributed by atoms with Gasteiger partial charge in [-0.15, -0.1) is 0 Å². The van der Waals surface area contributed by atoms with Crippen LogP contribution in [0.3, 0.4) is 0 Å². The molecule has 5 rings (SSSR count). The van der Waals surface area contributed by atoms with E-state index >= 15 is 0 Å². The molecule has 0 amide bonds. The van der Waals surface area contributed by atoms with E-state index in [2.05, 4.69) is 72.7 Å². The van der Waals surface area contributed by atoms with Crippen molar-refractivity contribution < 1.29 is 8.42 Å². The summed E-state index contributed by atoms with van der Waals surface area (Å²) in [4.78, 5) is 4.71. The van der Waals surface area contributed by atoms with Crippen LogP contribution >= 0.6 is 0 Å². The van der Waals surface area contributed by atoms with Crippen LogP contribution < -0.4 is 4.72 Å². The highest BCUT2D eigenvalue weighted by atomic mass is 32.2. The van der Waals surface area contributed by atoms with Crippen molar-refractivity contribution in [1.29, 1.82) is 0 Å². The van der Waals surface area contributed by atoms with Crippen molar-refractivity contribution in [2.24, 2.45) is 5.41 Å². The maximum atomic E-state index is 12.2. The van der Waals surface area contributed by atoms with Crippen molar-refractivity contribution in [2.75, 3.05) is 6.54 Å². The lowest BCUT2D eigenvalue weighted by molar-refractivity contribution is 0.412. The van der Waals surface area contributed by atoms with Gasteiger partial charge in [-0.2, -0.15) is 0 Å². The molecule has 0 unspecified atom stereocenters. The molecule has 0 bridgehead atoms. The van der Waals surface area contributed by atoms with Crippen molar-refractivity contribution in [3.05, 3.63) is 66.5 Å². The third-order valence-corrected chi connectivity index (χ3v) is 8.21. The highest BCUT2D eigenvalue weighted by Crippen LogP contribution is 2.33. The zero-order valence-corrected chi connectivity index (χ0v) is 20.3. The van der Waals surface area contributed by atoms with Gasteiger partial charge in [0.05, 0.1) is 10.9 Å². The second kappa shape index (κ2) is 8.26. The van der Waals surface area contributed by atoms with Gasteiger partial charge in [0.15, 0.2) is 0 Å². The molecule has 0 atom stereocenters. The highest BCUT2D eigenvalue weighted by Gasteiger charge is 2.35. The molecule has 0 spiro atoms. The van der Waals surface area contributed by atoms with Gasteiger partial charge in [-0.25, -0.2) is 13.1 Å². The van der Waals surface area contributed by atoms with E-state index in [-0.39, 0.29) is 10.7 Å². The second-order valence-electron chi connectivity index (χ2n) is 10.3. The van der Waals surface area contributed by atoms with Crippen molar-refractivity contribution >= 4 is 31.7 Å². The average molecular weight is 462 g/mol. The van der Waals surface area contributed by atoms with Crippen LogP contribution in [0.5, 0.6) is 0 Å². The van der Waals surface area contributed by atoms with E-state index in [1.54, 1.807) is 0 Å². The molecule has 1 aliphatic rings. The van der Waals surface area contributed by atoms with Crippen LogP contribution in [0.2, 0.25) is 0 Å². The van der Waals surface area contributed by atoms with Gasteiger partial charge >= 0.3 is 0 Å². The van der Waals surface area contributed by atoms with Gasteiger partial charge in [-0.3, -0.25) is 4.98 Å². The van der Waals surface area contributed by atoms with Gasteiger partial charge in [-0.05, 0) is 53.8 Å². The molecule has 172 valence electrons. The van der Waals surface area contributed by atoms with E-state index in [0.717, 1.165) is 41.4 Å². The third-order valence-electron chi connectivity index (χ3n) is 6.25. The molecule has 0 aliphatic heterocycles. The fourth-order valence-electron chi connectivity index (χ4n) is 4.57. The van der Waals surface area contributed by atoms with Crippen molar-refractivity contribution in [2.45, 2.75) is 51.8 Å². The summed E-state index contributed by atoms with van der Waals surface area (Å²) in [6, 6.07) is 16.9. The number of pyridine rings is 1. The van der Waals surface area contributed by atoms with E-state index < -0.39 is 10.0 Å². The van der Waals surface area contributed by atoms with Crippen molar-refractivity contribution in [3.63, 3.8) is 0 Å². The Kier molecular flexibility index (Phi) is 5.53. The monoisotopic (exact) mass is 461 g/mol. The van der Waals surface area contributed by atoms with E-state index in [1.165, 1.54) is 16.3 Å². The zero-order chi connectivity index (χ0) is 23.2. The lowest BCUT2D eigenvalue weighted by atomic mass is 9.88. The molecule has 5 nitrogen and oxygen atoms in total. The van der Waals surface area contributed by atoms with E-state index in [1.807, 2.05) is 18.3 Å². The van der Waals surface area contributed by atoms with Gasteiger partial charge in [0.25, 0.3) is 0 Å². The lowest BCUT2D eigenvalue weighted by Gasteiger charge is -2.17. The standard InChI is InChI=1S/C27H31N3O2S/c1-27(2,3)17-21-18-30(15-14-29-33(31,32)22-9-10-22)25-11-8-20(16-24(21)25)26-23-7-5-4-6-19(23)12-13-28-26/h4-8,11-13,16,18,22,29H,9-10,14-15,17H2,1-3H3. The summed E-state index contributed by atoms with van der Waals surface area (Å²) >= 11 is 0. The minimum Gasteiger partial charge on any atom is -0.346 e. The first kappa shape index (κ1) is 22.1. The number of benzene rings is 2. The molecular formula is C27H31N3O2S. The molecule has 0 saturated heterocycles. The molecule has 1 N–H and O–H groups in total. The molecular weight excluding hydrogens is 430 g/mol. The highest BCUT2D eigenvalue weighted by molar-refractivity contribution is 7.90. The number of hydrogen-bond acceptors (Lipinski definition) is 3. The summed E-state index contributed by atoms with van der Waals surface area (Å²) in [5, 5.41) is 3.34. The Bertz CT molecular complexity index is 1420. The van der Waals surface area contributed by atoms with Crippen LogP contribution in [0.15, 0.2) is 60.9 Å². The average Bonchev–Trinajstić information content (AvgIpc) is 3.58. The van der Waals surface area contributed by atoms with Gasteiger partial charge in [-0.1, -0.05) is 51.1 Å². The smallest absolute Gasteiger partial charge is 0.214 e. The maximum Gasteiger partial charge on any atom is 0.214 e. The summed E-state index contributed by atoms with van der Waals surface area (Å²) in [6.45, 7) is 7.75. The van der Waals surface area contributed by atoms with Crippen LogP contribution in [-0.2, 0) is 23.0 Å². The fraction of sp³-hybridized carbons (Fsp3) is 0.370. The van der Waals surface area contributed by atoms with E-state index in [4.69, 9.17) is 4.98 Å². The number of nitrogens with one attached hydrogen (secondary N) is 1.